The number of hydrogen-bond acceptors (Lipinski definition) is 4. The number of fused-ring (bicyclic) bond motifs is 1. The summed E-state index contributed by atoms with van der Waals surface area (Å²) in [5.74, 6) is 0.960. The molecule has 0 saturated heterocycles. The van der Waals surface area contributed by atoms with Gasteiger partial charge in [0.1, 0.15) is 10.8 Å². The highest BCUT2D eigenvalue weighted by atomic mass is 32.1. The second-order valence-corrected chi connectivity index (χ2v) is 6.14. The molecule has 3 nitrogen and oxygen atoms in total. The molecule has 110 valence electrons. The number of thiazole rings is 1. The van der Waals surface area contributed by atoms with Gasteiger partial charge in [-0.15, -0.1) is 11.3 Å². The molecule has 0 saturated carbocycles. The fourth-order valence-corrected chi connectivity index (χ4v) is 2.91. The number of allylic oxidation sites excluding steroid dienone is 2. The number of anilines is 1. The van der Waals surface area contributed by atoms with E-state index >= 15 is 0 Å². The monoisotopic (exact) mass is 307 g/mol. The van der Waals surface area contributed by atoms with Crippen LogP contribution in [0.1, 0.15) is 10.6 Å². The molecule has 0 fully saturated rings. The molecule has 0 atom stereocenters. The zero-order valence-electron chi connectivity index (χ0n) is 12.6. The lowest BCUT2D eigenvalue weighted by Crippen LogP contribution is -2.09. The van der Waals surface area contributed by atoms with Gasteiger partial charge in [0.15, 0.2) is 0 Å². The number of aromatic nitrogens is 2. The molecule has 0 bridgehead atoms. The molecule has 0 aliphatic rings. The van der Waals surface area contributed by atoms with E-state index in [1.165, 1.54) is 4.70 Å². The van der Waals surface area contributed by atoms with Crippen molar-refractivity contribution in [2.45, 2.75) is 0 Å². The van der Waals surface area contributed by atoms with Gasteiger partial charge in [-0.3, -0.25) is 0 Å². The predicted molar refractivity (Wildman–Crippen MR) is 96.3 cm³/mol. The summed E-state index contributed by atoms with van der Waals surface area (Å²) >= 11 is 1.70. The summed E-state index contributed by atoms with van der Waals surface area (Å²) < 4.78 is 1.22. The summed E-state index contributed by atoms with van der Waals surface area (Å²) in [6.45, 7) is 0. The highest BCUT2D eigenvalue weighted by Gasteiger charge is 1.98. The maximum absolute atomic E-state index is 4.57. The Bertz CT molecular complexity index is 781. The highest BCUT2D eigenvalue weighted by Crippen LogP contribution is 2.22. The number of para-hydroxylation sites is 1. The van der Waals surface area contributed by atoms with Crippen molar-refractivity contribution in [1.29, 1.82) is 0 Å². The van der Waals surface area contributed by atoms with Gasteiger partial charge in [-0.1, -0.05) is 30.4 Å². The van der Waals surface area contributed by atoms with Gasteiger partial charge in [0.2, 0.25) is 0 Å². The molecule has 0 aliphatic carbocycles. The lowest BCUT2D eigenvalue weighted by molar-refractivity contribution is 1.07. The van der Waals surface area contributed by atoms with Crippen molar-refractivity contribution in [2.75, 3.05) is 19.0 Å². The molecule has 22 heavy (non-hydrogen) atoms. The third-order valence-electron chi connectivity index (χ3n) is 3.18. The smallest absolute Gasteiger partial charge is 0.127 e. The van der Waals surface area contributed by atoms with Crippen molar-refractivity contribution >= 4 is 39.5 Å². The van der Waals surface area contributed by atoms with Crippen LogP contribution in [0.2, 0.25) is 0 Å². The Kier molecular flexibility index (Phi) is 4.30. The predicted octanol–water partition coefficient (Wildman–Crippen LogP) is 4.48. The molecule has 0 N–H and O–H groups in total. The Morgan fingerprint density at radius 1 is 1.00 bits per heavy atom. The summed E-state index contributed by atoms with van der Waals surface area (Å²) in [6.07, 6.45) is 9.96. The SMILES string of the molecule is CN(C)c1ccc(/C=C/C=C/c2nc3ccccc3s2)cn1. The van der Waals surface area contributed by atoms with Crippen LogP contribution < -0.4 is 4.90 Å². The van der Waals surface area contributed by atoms with Gasteiger partial charge in [-0.25, -0.2) is 9.97 Å². The Morgan fingerprint density at radius 2 is 1.82 bits per heavy atom. The van der Waals surface area contributed by atoms with E-state index in [0.717, 1.165) is 21.9 Å². The van der Waals surface area contributed by atoms with Crippen LogP contribution in [-0.4, -0.2) is 24.1 Å². The molecule has 0 unspecified atom stereocenters. The van der Waals surface area contributed by atoms with Gasteiger partial charge in [0.25, 0.3) is 0 Å². The van der Waals surface area contributed by atoms with Crippen molar-refractivity contribution in [3.8, 4) is 0 Å². The van der Waals surface area contributed by atoms with E-state index in [4.69, 9.17) is 0 Å². The molecule has 2 aromatic heterocycles. The van der Waals surface area contributed by atoms with Crippen molar-refractivity contribution in [2.24, 2.45) is 0 Å². The fourth-order valence-electron chi connectivity index (χ4n) is 2.03. The third kappa shape index (κ3) is 3.40. The molecule has 3 aromatic rings. The number of nitrogens with zero attached hydrogens (tertiary/aromatic N) is 3. The van der Waals surface area contributed by atoms with Crippen molar-refractivity contribution < 1.29 is 0 Å². The standard InChI is InChI=1S/C18H17N3S/c1-21(2)17-12-11-14(13-19-17)7-3-6-10-18-20-15-8-4-5-9-16(15)22-18/h3-13H,1-2H3/b7-3+,10-6+. The first-order valence-corrected chi connectivity index (χ1v) is 7.88. The molecule has 1 aromatic carbocycles. The topological polar surface area (TPSA) is 29.0 Å². The summed E-state index contributed by atoms with van der Waals surface area (Å²) in [7, 11) is 3.97. The summed E-state index contributed by atoms with van der Waals surface area (Å²) in [5, 5.41) is 1.02. The Hall–Kier alpha value is -2.46. The van der Waals surface area contributed by atoms with Crippen LogP contribution in [-0.2, 0) is 0 Å². The number of benzene rings is 1. The van der Waals surface area contributed by atoms with Gasteiger partial charge in [-0.05, 0) is 35.9 Å². The van der Waals surface area contributed by atoms with Crippen LogP contribution >= 0.6 is 11.3 Å². The quantitative estimate of drug-likeness (QED) is 0.665. The van der Waals surface area contributed by atoms with Crippen LogP contribution in [0, 0.1) is 0 Å². The van der Waals surface area contributed by atoms with E-state index in [2.05, 4.69) is 22.1 Å². The first kappa shape index (κ1) is 14.5. The minimum atomic E-state index is 0.960. The number of rotatable bonds is 4. The normalized spacial score (nSPS) is 11.7. The van der Waals surface area contributed by atoms with E-state index in [0.29, 0.717) is 0 Å². The van der Waals surface area contributed by atoms with E-state index < -0.39 is 0 Å². The average molecular weight is 307 g/mol. The second-order valence-electron chi connectivity index (χ2n) is 5.08. The van der Waals surface area contributed by atoms with E-state index in [1.807, 2.05) is 73.8 Å². The van der Waals surface area contributed by atoms with Crippen LogP contribution in [0.15, 0.2) is 54.7 Å². The first-order valence-electron chi connectivity index (χ1n) is 7.06. The van der Waals surface area contributed by atoms with E-state index in [-0.39, 0.29) is 0 Å². The first-order chi connectivity index (χ1) is 10.7. The molecule has 0 radical (unpaired) electrons. The maximum atomic E-state index is 4.57. The average Bonchev–Trinajstić information content (AvgIpc) is 2.95. The lowest BCUT2D eigenvalue weighted by atomic mass is 10.2. The zero-order chi connectivity index (χ0) is 15.4. The van der Waals surface area contributed by atoms with Crippen LogP contribution in [0.25, 0.3) is 22.4 Å². The molecular weight excluding hydrogens is 290 g/mol. The van der Waals surface area contributed by atoms with E-state index in [9.17, 15) is 0 Å². The minimum Gasteiger partial charge on any atom is -0.363 e. The van der Waals surface area contributed by atoms with Crippen LogP contribution in [0.4, 0.5) is 5.82 Å². The molecular formula is C18H17N3S. The van der Waals surface area contributed by atoms with Gasteiger partial charge in [-0.2, -0.15) is 0 Å². The van der Waals surface area contributed by atoms with Crippen molar-refractivity contribution in [3.05, 3.63) is 65.3 Å². The molecule has 3 rings (SSSR count). The van der Waals surface area contributed by atoms with Gasteiger partial charge in [0, 0.05) is 20.3 Å². The molecule has 2 heterocycles. The number of pyridine rings is 1. The maximum Gasteiger partial charge on any atom is 0.127 e. The highest BCUT2D eigenvalue weighted by molar-refractivity contribution is 7.19. The number of hydrogen-bond donors (Lipinski definition) is 0. The molecule has 4 heteroatoms. The largest absolute Gasteiger partial charge is 0.363 e. The summed E-state index contributed by atoms with van der Waals surface area (Å²) in [4.78, 5) is 10.9. The van der Waals surface area contributed by atoms with Crippen LogP contribution in [0.3, 0.4) is 0 Å². The Morgan fingerprint density at radius 3 is 2.55 bits per heavy atom. The lowest BCUT2D eigenvalue weighted by Gasteiger charge is -2.10. The van der Waals surface area contributed by atoms with Crippen molar-refractivity contribution in [3.63, 3.8) is 0 Å². The zero-order valence-corrected chi connectivity index (χ0v) is 13.4. The minimum absolute atomic E-state index is 0.960. The van der Waals surface area contributed by atoms with Gasteiger partial charge >= 0.3 is 0 Å². The molecule has 0 amide bonds. The Balaban J connectivity index is 1.68. The Labute approximate surface area is 134 Å². The fraction of sp³-hybridized carbons (Fsp3) is 0.111. The summed E-state index contributed by atoms with van der Waals surface area (Å²) in [6, 6.07) is 12.3. The van der Waals surface area contributed by atoms with Gasteiger partial charge in [0.05, 0.1) is 10.2 Å². The van der Waals surface area contributed by atoms with Crippen LogP contribution in [0.5, 0.6) is 0 Å². The third-order valence-corrected chi connectivity index (χ3v) is 4.18. The van der Waals surface area contributed by atoms with E-state index in [1.54, 1.807) is 11.3 Å². The molecule has 0 spiro atoms. The summed E-state index contributed by atoms with van der Waals surface area (Å²) in [5.41, 5.74) is 2.14. The second kappa shape index (κ2) is 6.54. The van der Waals surface area contributed by atoms with Crippen molar-refractivity contribution in [1.82, 2.24) is 9.97 Å². The molecule has 0 aliphatic heterocycles. The van der Waals surface area contributed by atoms with Gasteiger partial charge < -0.3 is 4.90 Å².